The van der Waals surface area contributed by atoms with Gasteiger partial charge in [0.25, 0.3) is 5.91 Å². The normalized spacial score (nSPS) is 10.2. The molecule has 0 heterocycles. The SMILES string of the molecule is CCCOC(=O)c1ccccc1C(=O)N(CC)c1ccccc1. The van der Waals surface area contributed by atoms with Crippen LogP contribution in [0.4, 0.5) is 5.69 Å². The lowest BCUT2D eigenvalue weighted by molar-refractivity contribution is 0.0502. The summed E-state index contributed by atoms with van der Waals surface area (Å²) in [6.45, 7) is 4.69. The Morgan fingerprint density at radius 3 is 2.13 bits per heavy atom. The third kappa shape index (κ3) is 3.97. The Labute approximate surface area is 136 Å². The molecule has 1 amide bonds. The van der Waals surface area contributed by atoms with Crippen molar-refractivity contribution in [3.63, 3.8) is 0 Å². The molecule has 0 unspecified atom stereocenters. The average Bonchev–Trinajstić information content (AvgIpc) is 2.61. The van der Waals surface area contributed by atoms with Crippen LogP contribution in [0.5, 0.6) is 0 Å². The average molecular weight is 311 g/mol. The molecule has 2 rings (SSSR count). The lowest BCUT2D eigenvalue weighted by Gasteiger charge is -2.22. The van der Waals surface area contributed by atoms with Gasteiger partial charge in [0.2, 0.25) is 0 Å². The minimum atomic E-state index is -0.458. The molecule has 0 bridgehead atoms. The molecule has 0 saturated carbocycles. The summed E-state index contributed by atoms with van der Waals surface area (Å²) in [5.74, 6) is -0.664. The maximum atomic E-state index is 12.9. The number of anilines is 1. The van der Waals surface area contributed by atoms with E-state index < -0.39 is 5.97 Å². The second-order valence-corrected chi connectivity index (χ2v) is 5.07. The smallest absolute Gasteiger partial charge is 0.338 e. The number of para-hydroxylation sites is 1. The molecule has 0 aromatic heterocycles. The van der Waals surface area contributed by atoms with E-state index in [1.54, 1.807) is 29.2 Å². The van der Waals surface area contributed by atoms with Gasteiger partial charge in [0.05, 0.1) is 17.7 Å². The highest BCUT2D eigenvalue weighted by molar-refractivity contribution is 6.12. The van der Waals surface area contributed by atoms with E-state index in [0.717, 1.165) is 12.1 Å². The molecule has 0 aliphatic heterocycles. The topological polar surface area (TPSA) is 46.6 Å². The van der Waals surface area contributed by atoms with Crippen LogP contribution in [0.15, 0.2) is 54.6 Å². The Kier molecular flexibility index (Phi) is 5.92. The van der Waals surface area contributed by atoms with Gasteiger partial charge in [0.1, 0.15) is 0 Å². The number of ether oxygens (including phenoxy) is 1. The molecule has 120 valence electrons. The number of esters is 1. The lowest BCUT2D eigenvalue weighted by atomic mass is 10.1. The molecular formula is C19H21NO3. The highest BCUT2D eigenvalue weighted by Crippen LogP contribution is 2.19. The summed E-state index contributed by atoms with van der Waals surface area (Å²) >= 11 is 0. The predicted octanol–water partition coefficient (Wildman–Crippen LogP) is 3.92. The van der Waals surface area contributed by atoms with Crippen molar-refractivity contribution in [3.8, 4) is 0 Å². The van der Waals surface area contributed by atoms with Crippen molar-refractivity contribution in [2.45, 2.75) is 20.3 Å². The first-order valence-electron chi connectivity index (χ1n) is 7.82. The highest BCUT2D eigenvalue weighted by atomic mass is 16.5. The van der Waals surface area contributed by atoms with E-state index in [1.807, 2.05) is 44.2 Å². The third-order valence-electron chi connectivity index (χ3n) is 3.44. The molecule has 0 fully saturated rings. The van der Waals surface area contributed by atoms with Crippen molar-refractivity contribution in [1.29, 1.82) is 0 Å². The van der Waals surface area contributed by atoms with Crippen LogP contribution in [-0.2, 0) is 4.74 Å². The molecule has 0 spiro atoms. The van der Waals surface area contributed by atoms with Crippen LogP contribution in [0.1, 0.15) is 41.0 Å². The minimum Gasteiger partial charge on any atom is -0.462 e. The van der Waals surface area contributed by atoms with Gasteiger partial charge in [-0.3, -0.25) is 4.79 Å². The molecule has 23 heavy (non-hydrogen) atoms. The summed E-state index contributed by atoms with van der Waals surface area (Å²) in [6.07, 6.45) is 0.743. The number of hydrogen-bond acceptors (Lipinski definition) is 3. The van der Waals surface area contributed by atoms with E-state index in [1.165, 1.54) is 0 Å². The summed E-state index contributed by atoms with van der Waals surface area (Å²) in [4.78, 5) is 26.7. The van der Waals surface area contributed by atoms with E-state index in [0.29, 0.717) is 24.3 Å². The zero-order valence-electron chi connectivity index (χ0n) is 13.5. The van der Waals surface area contributed by atoms with Crippen molar-refractivity contribution < 1.29 is 14.3 Å². The Balaban J connectivity index is 2.33. The Morgan fingerprint density at radius 1 is 0.913 bits per heavy atom. The summed E-state index contributed by atoms with van der Waals surface area (Å²) in [5.41, 5.74) is 1.47. The molecule has 4 heteroatoms. The predicted molar refractivity (Wildman–Crippen MR) is 90.8 cm³/mol. The molecule has 0 N–H and O–H groups in total. The number of rotatable bonds is 6. The van der Waals surface area contributed by atoms with Crippen LogP contribution in [0.3, 0.4) is 0 Å². The Bertz CT molecular complexity index is 667. The summed E-state index contributed by atoms with van der Waals surface area (Å²) in [7, 11) is 0. The van der Waals surface area contributed by atoms with Crippen molar-refractivity contribution in [1.82, 2.24) is 0 Å². The van der Waals surface area contributed by atoms with Gasteiger partial charge in [-0.25, -0.2) is 4.79 Å². The van der Waals surface area contributed by atoms with E-state index >= 15 is 0 Å². The van der Waals surface area contributed by atoms with Crippen LogP contribution in [-0.4, -0.2) is 25.0 Å². The summed E-state index contributed by atoms with van der Waals surface area (Å²) in [6, 6.07) is 16.2. The lowest BCUT2D eigenvalue weighted by Crippen LogP contribution is -2.32. The fourth-order valence-corrected chi connectivity index (χ4v) is 2.32. The van der Waals surface area contributed by atoms with Gasteiger partial charge in [0, 0.05) is 12.2 Å². The Morgan fingerprint density at radius 2 is 1.52 bits per heavy atom. The summed E-state index contributed by atoms with van der Waals surface area (Å²) in [5, 5.41) is 0. The molecule has 0 aliphatic rings. The molecule has 0 atom stereocenters. The van der Waals surface area contributed by atoms with Crippen LogP contribution >= 0.6 is 0 Å². The second-order valence-electron chi connectivity index (χ2n) is 5.07. The van der Waals surface area contributed by atoms with Gasteiger partial charge in [-0.2, -0.15) is 0 Å². The molecule has 4 nitrogen and oxygen atoms in total. The number of hydrogen-bond donors (Lipinski definition) is 0. The van der Waals surface area contributed by atoms with Crippen molar-refractivity contribution in [3.05, 3.63) is 65.7 Å². The van der Waals surface area contributed by atoms with Crippen LogP contribution in [0, 0.1) is 0 Å². The van der Waals surface area contributed by atoms with E-state index in [9.17, 15) is 9.59 Å². The first kappa shape index (κ1) is 16.7. The zero-order chi connectivity index (χ0) is 16.7. The molecule has 0 saturated heterocycles. The summed E-state index contributed by atoms with van der Waals surface area (Å²) < 4.78 is 5.18. The molecule has 2 aromatic rings. The minimum absolute atomic E-state index is 0.206. The molecule has 0 radical (unpaired) electrons. The van der Waals surface area contributed by atoms with Crippen LogP contribution < -0.4 is 4.90 Å². The van der Waals surface area contributed by atoms with Gasteiger partial charge in [0.15, 0.2) is 0 Å². The first-order chi connectivity index (χ1) is 11.2. The van der Waals surface area contributed by atoms with E-state index in [2.05, 4.69) is 0 Å². The van der Waals surface area contributed by atoms with Crippen LogP contribution in [0.25, 0.3) is 0 Å². The first-order valence-corrected chi connectivity index (χ1v) is 7.82. The quantitative estimate of drug-likeness (QED) is 0.760. The highest BCUT2D eigenvalue weighted by Gasteiger charge is 2.22. The van der Waals surface area contributed by atoms with Gasteiger partial charge in [-0.1, -0.05) is 37.3 Å². The standard InChI is InChI=1S/C19H21NO3/c1-3-14-23-19(22)17-13-9-8-12-16(17)18(21)20(4-2)15-10-6-5-7-11-15/h5-13H,3-4,14H2,1-2H3. The van der Waals surface area contributed by atoms with E-state index in [-0.39, 0.29) is 5.91 Å². The number of amides is 1. The number of nitrogens with zero attached hydrogens (tertiary/aromatic N) is 1. The van der Waals surface area contributed by atoms with Gasteiger partial charge in [-0.15, -0.1) is 0 Å². The van der Waals surface area contributed by atoms with Gasteiger partial charge < -0.3 is 9.64 Å². The number of carbonyl (C=O) groups is 2. The fourth-order valence-electron chi connectivity index (χ4n) is 2.32. The maximum Gasteiger partial charge on any atom is 0.338 e. The Hall–Kier alpha value is -2.62. The van der Waals surface area contributed by atoms with Crippen molar-refractivity contribution in [2.24, 2.45) is 0 Å². The molecule has 2 aromatic carbocycles. The maximum absolute atomic E-state index is 12.9. The van der Waals surface area contributed by atoms with Gasteiger partial charge >= 0.3 is 5.97 Å². The number of benzene rings is 2. The van der Waals surface area contributed by atoms with Crippen molar-refractivity contribution in [2.75, 3.05) is 18.1 Å². The molecule has 0 aliphatic carbocycles. The third-order valence-corrected chi connectivity index (χ3v) is 3.44. The molecular weight excluding hydrogens is 290 g/mol. The van der Waals surface area contributed by atoms with Crippen LogP contribution in [0.2, 0.25) is 0 Å². The number of carbonyl (C=O) groups excluding carboxylic acids is 2. The largest absolute Gasteiger partial charge is 0.462 e. The van der Waals surface area contributed by atoms with Gasteiger partial charge in [-0.05, 0) is 37.6 Å². The monoisotopic (exact) mass is 311 g/mol. The fraction of sp³-hybridized carbons (Fsp3) is 0.263. The second kappa shape index (κ2) is 8.13. The van der Waals surface area contributed by atoms with Crippen molar-refractivity contribution >= 4 is 17.6 Å². The zero-order valence-corrected chi connectivity index (χ0v) is 13.5. The van der Waals surface area contributed by atoms with E-state index in [4.69, 9.17) is 4.74 Å².